The summed E-state index contributed by atoms with van der Waals surface area (Å²) in [5.74, 6) is -0.205. The predicted molar refractivity (Wildman–Crippen MR) is 70.5 cm³/mol. The Kier molecular flexibility index (Phi) is 3.34. The molecule has 0 saturated heterocycles. The molecule has 18 heavy (non-hydrogen) atoms. The molecule has 0 radical (unpaired) electrons. The Bertz CT molecular complexity index is 604. The van der Waals surface area contributed by atoms with E-state index in [1.54, 1.807) is 7.11 Å². The van der Waals surface area contributed by atoms with E-state index in [1.165, 1.54) is 11.3 Å². The van der Waals surface area contributed by atoms with E-state index in [1.807, 2.05) is 32.0 Å². The Hall–Kier alpha value is -1.88. The van der Waals surface area contributed by atoms with E-state index < -0.39 is 5.97 Å². The Balaban J connectivity index is 2.51. The van der Waals surface area contributed by atoms with Crippen LogP contribution in [0, 0.1) is 13.8 Å². The van der Waals surface area contributed by atoms with E-state index in [-0.39, 0.29) is 5.01 Å². The van der Waals surface area contributed by atoms with E-state index in [0.29, 0.717) is 0 Å². The van der Waals surface area contributed by atoms with Gasteiger partial charge in [-0.05, 0) is 37.6 Å². The lowest BCUT2D eigenvalue weighted by molar-refractivity contribution is 0.0696. The zero-order valence-electron chi connectivity index (χ0n) is 10.4. The normalized spacial score (nSPS) is 10.4. The third-order valence-electron chi connectivity index (χ3n) is 2.67. The first-order chi connectivity index (χ1) is 8.52. The van der Waals surface area contributed by atoms with Crippen LogP contribution in [0.2, 0.25) is 0 Å². The predicted octanol–water partition coefficient (Wildman–Crippen LogP) is 3.13. The zero-order valence-corrected chi connectivity index (χ0v) is 11.2. The van der Waals surface area contributed by atoms with Crippen molar-refractivity contribution in [2.45, 2.75) is 13.8 Å². The van der Waals surface area contributed by atoms with Crippen molar-refractivity contribution in [2.75, 3.05) is 7.11 Å². The number of carboxylic acid groups (broad SMARTS) is 1. The molecule has 2 rings (SSSR count). The number of aryl methyl sites for hydroxylation is 2. The molecule has 5 heteroatoms. The second kappa shape index (κ2) is 4.78. The molecular weight excluding hydrogens is 250 g/mol. The smallest absolute Gasteiger partial charge is 0.365 e. The summed E-state index contributed by atoms with van der Waals surface area (Å²) >= 11 is 1.19. The first kappa shape index (κ1) is 12.6. The molecule has 0 unspecified atom stereocenters. The average molecular weight is 263 g/mol. The van der Waals surface area contributed by atoms with E-state index in [0.717, 1.165) is 27.4 Å². The van der Waals surface area contributed by atoms with Gasteiger partial charge >= 0.3 is 5.97 Å². The number of carboxylic acids is 1. The number of hydrogen-bond acceptors (Lipinski definition) is 4. The van der Waals surface area contributed by atoms with Gasteiger partial charge in [0.25, 0.3) is 0 Å². The fraction of sp³-hybridized carbons (Fsp3) is 0.231. The summed E-state index contributed by atoms with van der Waals surface area (Å²) in [5, 5.41) is 9.07. The number of methoxy groups -OCH3 is 1. The number of aromatic nitrogens is 1. The van der Waals surface area contributed by atoms with Crippen LogP contribution < -0.4 is 4.74 Å². The number of nitrogens with zero attached hydrogens (tertiary/aromatic N) is 1. The summed E-state index contributed by atoms with van der Waals surface area (Å²) in [6.45, 7) is 3.83. The molecule has 1 heterocycles. The number of thiazole rings is 1. The van der Waals surface area contributed by atoms with Crippen LogP contribution >= 0.6 is 11.3 Å². The Labute approximate surface area is 109 Å². The van der Waals surface area contributed by atoms with Gasteiger partial charge in [0.15, 0.2) is 0 Å². The third-order valence-corrected chi connectivity index (χ3v) is 3.63. The SMILES string of the molecule is COc1ccc(-c2nc(C(=O)O)sc2C)c(C)c1. The van der Waals surface area contributed by atoms with Gasteiger partial charge in [-0.3, -0.25) is 0 Å². The van der Waals surface area contributed by atoms with E-state index >= 15 is 0 Å². The molecular formula is C13H13NO3S. The van der Waals surface area contributed by atoms with Gasteiger partial charge in [-0.2, -0.15) is 0 Å². The van der Waals surface area contributed by atoms with Crippen LogP contribution in [0.5, 0.6) is 5.75 Å². The van der Waals surface area contributed by atoms with Crippen LogP contribution in [-0.4, -0.2) is 23.2 Å². The van der Waals surface area contributed by atoms with Crippen LogP contribution in [0.15, 0.2) is 18.2 Å². The van der Waals surface area contributed by atoms with E-state index in [9.17, 15) is 4.79 Å². The number of hydrogen-bond donors (Lipinski definition) is 1. The summed E-state index contributed by atoms with van der Waals surface area (Å²) in [6.07, 6.45) is 0. The molecule has 0 saturated carbocycles. The summed E-state index contributed by atoms with van der Waals surface area (Å²) in [5.41, 5.74) is 2.69. The van der Waals surface area contributed by atoms with Gasteiger partial charge in [-0.15, -0.1) is 11.3 Å². The second-order valence-corrected chi connectivity index (χ2v) is 5.11. The van der Waals surface area contributed by atoms with Gasteiger partial charge in [0.1, 0.15) is 5.75 Å². The van der Waals surface area contributed by atoms with Gasteiger partial charge in [0, 0.05) is 10.4 Å². The molecule has 0 spiro atoms. The number of carbonyl (C=O) groups is 1. The Morgan fingerprint density at radius 1 is 1.39 bits per heavy atom. The lowest BCUT2D eigenvalue weighted by Crippen LogP contribution is -1.95. The molecule has 0 aliphatic heterocycles. The maximum absolute atomic E-state index is 10.9. The molecule has 1 N–H and O–H groups in total. The van der Waals surface area contributed by atoms with E-state index in [2.05, 4.69) is 4.98 Å². The van der Waals surface area contributed by atoms with Crippen LogP contribution in [0.25, 0.3) is 11.3 Å². The highest BCUT2D eigenvalue weighted by atomic mass is 32.1. The van der Waals surface area contributed by atoms with Crippen LogP contribution in [0.4, 0.5) is 0 Å². The van der Waals surface area contributed by atoms with Gasteiger partial charge in [0.05, 0.1) is 12.8 Å². The lowest BCUT2D eigenvalue weighted by Gasteiger charge is -2.06. The van der Waals surface area contributed by atoms with Crippen molar-refractivity contribution in [3.05, 3.63) is 33.6 Å². The zero-order chi connectivity index (χ0) is 13.3. The van der Waals surface area contributed by atoms with Crippen molar-refractivity contribution in [1.29, 1.82) is 0 Å². The summed E-state index contributed by atoms with van der Waals surface area (Å²) < 4.78 is 5.15. The van der Waals surface area contributed by atoms with Crippen LogP contribution in [0.3, 0.4) is 0 Å². The van der Waals surface area contributed by atoms with Gasteiger partial charge in [-0.1, -0.05) is 0 Å². The van der Waals surface area contributed by atoms with Crippen LogP contribution in [-0.2, 0) is 0 Å². The molecule has 4 nitrogen and oxygen atoms in total. The first-order valence-corrected chi connectivity index (χ1v) is 6.20. The number of benzene rings is 1. The van der Waals surface area contributed by atoms with Crippen LogP contribution in [0.1, 0.15) is 20.2 Å². The summed E-state index contributed by atoms with van der Waals surface area (Å²) in [7, 11) is 1.62. The number of aromatic carboxylic acids is 1. The number of rotatable bonds is 3. The maximum Gasteiger partial charge on any atom is 0.365 e. The standard InChI is InChI=1S/C13H13NO3S/c1-7-6-9(17-3)4-5-10(7)11-8(2)18-12(14-11)13(15)16/h4-6H,1-3H3,(H,15,16). The fourth-order valence-corrected chi connectivity index (χ4v) is 2.53. The molecule has 0 atom stereocenters. The summed E-state index contributed by atoms with van der Waals surface area (Å²) in [4.78, 5) is 16.0. The van der Waals surface area contributed by atoms with Crippen molar-refractivity contribution in [3.8, 4) is 17.0 Å². The minimum Gasteiger partial charge on any atom is -0.497 e. The molecule has 1 aromatic heterocycles. The second-order valence-electron chi connectivity index (χ2n) is 3.91. The molecule has 94 valence electrons. The third kappa shape index (κ3) is 2.22. The quantitative estimate of drug-likeness (QED) is 0.924. The molecule has 0 amide bonds. The monoisotopic (exact) mass is 263 g/mol. The van der Waals surface area contributed by atoms with Crippen molar-refractivity contribution in [3.63, 3.8) is 0 Å². The van der Waals surface area contributed by atoms with Gasteiger partial charge in [0.2, 0.25) is 5.01 Å². The topological polar surface area (TPSA) is 59.4 Å². The van der Waals surface area contributed by atoms with Crippen molar-refractivity contribution < 1.29 is 14.6 Å². The largest absolute Gasteiger partial charge is 0.497 e. The maximum atomic E-state index is 10.9. The highest BCUT2D eigenvalue weighted by Crippen LogP contribution is 2.31. The summed E-state index contributed by atoms with van der Waals surface area (Å²) in [6, 6.07) is 5.66. The molecule has 0 aliphatic carbocycles. The molecule has 0 bridgehead atoms. The fourth-order valence-electron chi connectivity index (χ4n) is 1.77. The highest BCUT2D eigenvalue weighted by molar-refractivity contribution is 7.13. The lowest BCUT2D eigenvalue weighted by atomic mass is 10.0. The molecule has 1 aromatic carbocycles. The van der Waals surface area contributed by atoms with Crippen molar-refractivity contribution >= 4 is 17.3 Å². The van der Waals surface area contributed by atoms with Crippen molar-refractivity contribution in [2.24, 2.45) is 0 Å². The van der Waals surface area contributed by atoms with Gasteiger partial charge in [-0.25, -0.2) is 9.78 Å². The first-order valence-electron chi connectivity index (χ1n) is 5.38. The van der Waals surface area contributed by atoms with Gasteiger partial charge < -0.3 is 9.84 Å². The number of ether oxygens (including phenoxy) is 1. The minimum absolute atomic E-state index is 0.123. The molecule has 0 aliphatic rings. The van der Waals surface area contributed by atoms with E-state index in [4.69, 9.17) is 9.84 Å². The highest BCUT2D eigenvalue weighted by Gasteiger charge is 2.16. The Morgan fingerprint density at radius 2 is 2.11 bits per heavy atom. The average Bonchev–Trinajstić information content (AvgIpc) is 2.71. The molecule has 0 fully saturated rings. The Morgan fingerprint density at radius 3 is 2.61 bits per heavy atom. The molecule has 2 aromatic rings. The van der Waals surface area contributed by atoms with Crippen molar-refractivity contribution in [1.82, 2.24) is 4.98 Å². The minimum atomic E-state index is -0.986.